The van der Waals surface area contributed by atoms with Gasteiger partial charge in [0, 0.05) is 44.3 Å². The quantitative estimate of drug-likeness (QED) is 0.128. The van der Waals surface area contributed by atoms with Gasteiger partial charge in [-0.2, -0.15) is 6.07 Å². The van der Waals surface area contributed by atoms with E-state index < -0.39 is 0 Å². The van der Waals surface area contributed by atoms with Gasteiger partial charge in [-0.15, -0.1) is 35.7 Å². The molecule has 7 nitrogen and oxygen atoms in total. The summed E-state index contributed by atoms with van der Waals surface area (Å²) in [7, 11) is 0. The molecule has 0 atom stereocenters. The summed E-state index contributed by atoms with van der Waals surface area (Å²) in [5.41, 5.74) is 7.97. The van der Waals surface area contributed by atoms with Crippen molar-refractivity contribution in [2.45, 2.75) is 70.1 Å². The summed E-state index contributed by atoms with van der Waals surface area (Å²) >= 11 is 0. The van der Waals surface area contributed by atoms with Crippen LogP contribution >= 0.6 is 0 Å². The molecule has 0 unspecified atom stereocenters. The molecule has 0 amide bonds. The zero-order valence-corrected chi connectivity index (χ0v) is 31.7. The third kappa shape index (κ3) is 4.88. The molecule has 5 heterocycles. The van der Waals surface area contributed by atoms with Crippen molar-refractivity contribution < 1.29 is 39.0 Å². The Hall–Kier alpha value is -4.61. The fraction of sp³-hybridized carbons (Fsp3) is 0.318. The zero-order chi connectivity index (χ0) is 34.1. The molecule has 4 fully saturated rings. The summed E-state index contributed by atoms with van der Waals surface area (Å²) in [5, 5.41) is 2.42. The Morgan fingerprint density at radius 3 is 2.46 bits per heavy atom. The number of hydrogen-bond acceptors (Lipinski definition) is 4. The number of oxazole rings is 2. The van der Waals surface area contributed by atoms with Gasteiger partial charge in [0.05, 0.1) is 24.4 Å². The molecule has 8 heteroatoms. The molecule has 4 bridgehead atoms. The first-order valence-corrected chi connectivity index (χ1v) is 18.3. The van der Waals surface area contributed by atoms with Crippen LogP contribution in [0.25, 0.3) is 50.3 Å². The van der Waals surface area contributed by atoms with Crippen molar-refractivity contribution >= 4 is 33.2 Å². The number of benzene rings is 3. The van der Waals surface area contributed by atoms with E-state index >= 15 is 0 Å². The topological polar surface area (TPSA) is 61.8 Å². The van der Waals surface area contributed by atoms with Gasteiger partial charge in [-0.25, -0.2) is 4.98 Å². The third-order valence-corrected chi connectivity index (χ3v) is 12.1. The molecule has 0 N–H and O–H groups in total. The Bertz CT molecular complexity index is 2630. The van der Waals surface area contributed by atoms with E-state index in [2.05, 4.69) is 80.2 Å². The SMILES string of the molecule is CC(C)(C)c1ccnc(-n2c3[c-]c(Oc4[c-]c(-c5coc6c7occ[n+]7[c-]n56)ccc4)ccc3c3cc(C45CC6CC(CC(C6)C4)C5)ccc32)c1.[Pt]. The standard InChI is InChI=1S/C44H38N4O3.Pt/c1-43(2,3)31-11-12-45-40(20-31)48-37-10-7-32(44-22-27-15-28(23-44)17-29(16-27)24-44)19-36(37)35-9-8-34(21-38(35)48)51-33-6-4-5-30(18-33)39-25-50-42-41-46(13-14-49-41)26-47(39)42;/h4-14,19-20,25,27-29H,15-17,22-24H2,1-3H3;/q-2;. The number of pyridine rings is 1. The average Bonchev–Trinajstić information content (AvgIpc) is 3.88. The molecular formula is C44H38N4O3Pt-2. The largest absolute Gasteiger partial charge is 0.503 e. The van der Waals surface area contributed by atoms with Gasteiger partial charge in [0.2, 0.25) is 0 Å². The summed E-state index contributed by atoms with van der Waals surface area (Å²) in [6, 6.07) is 28.8. The maximum Gasteiger partial charge on any atom is 0.279 e. The van der Waals surface area contributed by atoms with Crippen LogP contribution in [-0.4, -0.2) is 14.0 Å². The molecule has 4 aliphatic rings. The summed E-state index contributed by atoms with van der Waals surface area (Å²) < 4.78 is 23.8. The van der Waals surface area contributed by atoms with Crippen LogP contribution in [0.4, 0.5) is 0 Å². The molecule has 264 valence electrons. The summed E-state index contributed by atoms with van der Waals surface area (Å²) in [6.45, 7) is 6.74. The zero-order valence-electron chi connectivity index (χ0n) is 29.4. The van der Waals surface area contributed by atoms with Crippen molar-refractivity contribution in [3.8, 4) is 28.6 Å². The number of aromatic nitrogens is 4. The Morgan fingerprint density at radius 1 is 0.885 bits per heavy atom. The average molecular weight is 866 g/mol. The van der Waals surface area contributed by atoms with Crippen LogP contribution in [0, 0.1) is 36.2 Å². The Labute approximate surface area is 316 Å². The van der Waals surface area contributed by atoms with Gasteiger partial charge in [0.1, 0.15) is 5.82 Å². The molecular weight excluding hydrogens is 828 g/mol. The Balaban J connectivity index is 0.00000338. The second-order valence-corrected chi connectivity index (χ2v) is 16.5. The maximum absolute atomic E-state index is 6.52. The molecule has 4 saturated carbocycles. The molecule has 5 aromatic heterocycles. The fourth-order valence-electron chi connectivity index (χ4n) is 10.2. The normalized spacial score (nSPS) is 22.6. The van der Waals surface area contributed by atoms with E-state index in [1.807, 2.05) is 34.9 Å². The van der Waals surface area contributed by atoms with Crippen molar-refractivity contribution in [1.29, 1.82) is 0 Å². The minimum atomic E-state index is -0.0115. The molecule has 12 rings (SSSR count). The van der Waals surface area contributed by atoms with E-state index in [0.717, 1.165) is 51.2 Å². The number of rotatable bonds is 5. The second-order valence-electron chi connectivity index (χ2n) is 16.5. The van der Waals surface area contributed by atoms with Gasteiger partial charge in [0.15, 0.2) is 0 Å². The van der Waals surface area contributed by atoms with Gasteiger partial charge < -0.3 is 18.1 Å². The predicted octanol–water partition coefficient (Wildman–Crippen LogP) is 9.98. The van der Waals surface area contributed by atoms with E-state index in [-0.39, 0.29) is 26.5 Å². The van der Waals surface area contributed by atoms with E-state index in [1.54, 1.807) is 23.1 Å². The third-order valence-electron chi connectivity index (χ3n) is 12.1. The van der Waals surface area contributed by atoms with E-state index in [9.17, 15) is 0 Å². The second kappa shape index (κ2) is 11.4. The molecule has 0 spiro atoms. The van der Waals surface area contributed by atoms with Crippen LogP contribution in [0.1, 0.15) is 70.4 Å². The van der Waals surface area contributed by atoms with Gasteiger partial charge in [-0.05, 0) is 102 Å². The molecule has 0 saturated heterocycles. The van der Waals surface area contributed by atoms with Crippen LogP contribution in [0.5, 0.6) is 11.5 Å². The molecule has 0 radical (unpaired) electrons. The van der Waals surface area contributed by atoms with Gasteiger partial charge in [0.25, 0.3) is 17.8 Å². The van der Waals surface area contributed by atoms with Crippen LogP contribution in [0.2, 0.25) is 0 Å². The van der Waals surface area contributed by atoms with E-state index in [1.165, 1.54) is 55.0 Å². The summed E-state index contributed by atoms with van der Waals surface area (Å²) in [4.78, 5) is 4.94. The monoisotopic (exact) mass is 865 g/mol. The first-order chi connectivity index (χ1) is 24.8. The first-order valence-electron chi connectivity index (χ1n) is 18.3. The fourth-order valence-corrected chi connectivity index (χ4v) is 10.2. The Morgan fingerprint density at radius 2 is 1.67 bits per heavy atom. The molecule has 4 aliphatic carbocycles. The number of imidazole rings is 1. The Kier molecular flexibility index (Phi) is 7.06. The maximum atomic E-state index is 6.52. The van der Waals surface area contributed by atoms with Gasteiger partial charge in [-0.3, -0.25) is 8.80 Å². The van der Waals surface area contributed by atoms with Gasteiger partial charge in [-0.1, -0.05) is 50.1 Å². The number of ether oxygens (including phenoxy) is 1. The molecule has 52 heavy (non-hydrogen) atoms. The number of fused-ring (bicyclic) bond motifs is 6. The molecule has 0 aliphatic heterocycles. The number of hydrogen-bond donors (Lipinski definition) is 0. The molecule has 3 aromatic carbocycles. The molecule has 8 aromatic rings. The van der Waals surface area contributed by atoms with Crippen LogP contribution in [0.15, 0.2) is 94.4 Å². The summed E-state index contributed by atoms with van der Waals surface area (Å²) in [6.07, 6.45) is 18.7. The van der Waals surface area contributed by atoms with Crippen molar-refractivity contribution in [2.75, 3.05) is 0 Å². The predicted molar refractivity (Wildman–Crippen MR) is 194 cm³/mol. The minimum Gasteiger partial charge on any atom is -0.503 e. The van der Waals surface area contributed by atoms with Crippen molar-refractivity contribution in [3.63, 3.8) is 0 Å². The first kappa shape index (κ1) is 32.1. The van der Waals surface area contributed by atoms with Crippen molar-refractivity contribution in [3.05, 3.63) is 115 Å². The number of nitrogens with zero attached hydrogens (tertiary/aromatic N) is 4. The van der Waals surface area contributed by atoms with E-state index in [0.29, 0.717) is 28.3 Å². The van der Waals surface area contributed by atoms with Crippen molar-refractivity contribution in [2.24, 2.45) is 17.8 Å². The van der Waals surface area contributed by atoms with Gasteiger partial charge >= 0.3 is 0 Å². The summed E-state index contributed by atoms with van der Waals surface area (Å²) in [5.74, 6) is 4.78. The smallest absolute Gasteiger partial charge is 0.279 e. The van der Waals surface area contributed by atoms with Crippen LogP contribution in [-0.2, 0) is 31.9 Å². The van der Waals surface area contributed by atoms with Crippen molar-refractivity contribution in [1.82, 2.24) is 14.0 Å². The van der Waals surface area contributed by atoms with Crippen LogP contribution < -0.4 is 9.14 Å². The minimum absolute atomic E-state index is 0. The van der Waals surface area contributed by atoms with E-state index in [4.69, 9.17) is 18.6 Å². The van der Waals surface area contributed by atoms with Crippen LogP contribution in [0.3, 0.4) is 0 Å².